The van der Waals surface area contributed by atoms with Crippen molar-refractivity contribution in [1.82, 2.24) is 10.2 Å². The van der Waals surface area contributed by atoms with Gasteiger partial charge in [0.2, 0.25) is 0 Å². The van der Waals surface area contributed by atoms with Gasteiger partial charge in [0.15, 0.2) is 5.69 Å². The van der Waals surface area contributed by atoms with Crippen molar-refractivity contribution in [2.24, 2.45) is 4.99 Å². The summed E-state index contributed by atoms with van der Waals surface area (Å²) in [5, 5.41) is 8.56. The van der Waals surface area contributed by atoms with E-state index in [1.807, 2.05) is 0 Å². The highest BCUT2D eigenvalue weighted by atomic mass is 32.1. The molecule has 0 aliphatic heterocycles. The van der Waals surface area contributed by atoms with Crippen molar-refractivity contribution < 1.29 is 9.53 Å². The lowest BCUT2D eigenvalue weighted by Crippen LogP contribution is -2.00. The molecule has 6 heteroatoms. The first-order valence-electron chi connectivity index (χ1n) is 3.44. The molecule has 1 aromatic heterocycles. The molecule has 0 aliphatic rings. The number of ether oxygens (including phenoxy) is 1. The van der Waals surface area contributed by atoms with Crippen molar-refractivity contribution >= 4 is 23.3 Å². The number of carbonyl (C=O) groups is 1. The number of hydrogen-bond donors (Lipinski definition) is 1. The topological polar surface area (TPSA) is 67.3 Å². The molecule has 0 unspecified atom stereocenters. The molecule has 1 N–H and O–H groups in total. The average molecular weight is 197 g/mol. The Hall–Kier alpha value is -1.52. The van der Waals surface area contributed by atoms with Crippen LogP contribution in [0.4, 0.5) is 0 Å². The molecule has 5 nitrogen and oxygen atoms in total. The van der Waals surface area contributed by atoms with Gasteiger partial charge >= 0.3 is 5.97 Å². The second-order valence-corrected chi connectivity index (χ2v) is 2.36. The Bertz CT molecular complexity index is 354. The van der Waals surface area contributed by atoms with Gasteiger partial charge in [0.1, 0.15) is 0 Å². The van der Waals surface area contributed by atoms with Crippen molar-refractivity contribution in [1.29, 1.82) is 0 Å². The average Bonchev–Trinajstić information content (AvgIpc) is 2.62. The number of hydrogen-bond acceptors (Lipinski definition) is 5. The van der Waals surface area contributed by atoms with Crippen molar-refractivity contribution in [2.45, 2.75) is 6.54 Å². The molecule has 0 amide bonds. The first-order chi connectivity index (χ1) is 6.27. The molecule has 13 heavy (non-hydrogen) atoms. The largest absolute Gasteiger partial charge is 0.464 e. The van der Waals surface area contributed by atoms with E-state index in [0.29, 0.717) is 12.2 Å². The van der Waals surface area contributed by atoms with Crippen LogP contribution in [0.15, 0.2) is 11.1 Å². The summed E-state index contributed by atoms with van der Waals surface area (Å²) in [6.45, 7) is 0.341. The number of isothiocyanates is 1. The Morgan fingerprint density at radius 3 is 3.31 bits per heavy atom. The smallest absolute Gasteiger partial charge is 0.358 e. The SMILES string of the molecule is COC(=O)c1cc(CN=C=S)[nH]n1. The van der Waals surface area contributed by atoms with Crippen molar-refractivity contribution in [3.63, 3.8) is 0 Å². The molecule has 0 radical (unpaired) electrons. The first-order valence-corrected chi connectivity index (χ1v) is 3.85. The van der Waals surface area contributed by atoms with E-state index in [1.165, 1.54) is 7.11 Å². The number of esters is 1. The number of aromatic amines is 1. The maximum atomic E-state index is 10.9. The van der Waals surface area contributed by atoms with Crippen LogP contribution in [0.3, 0.4) is 0 Å². The monoisotopic (exact) mass is 197 g/mol. The van der Waals surface area contributed by atoms with Gasteiger partial charge in [-0.1, -0.05) is 0 Å². The quantitative estimate of drug-likeness (QED) is 0.442. The molecule has 0 spiro atoms. The van der Waals surface area contributed by atoms with Gasteiger partial charge < -0.3 is 4.74 Å². The van der Waals surface area contributed by atoms with Crippen LogP contribution >= 0.6 is 12.2 Å². The summed E-state index contributed by atoms with van der Waals surface area (Å²) in [7, 11) is 1.30. The minimum Gasteiger partial charge on any atom is -0.464 e. The zero-order valence-corrected chi connectivity index (χ0v) is 7.72. The van der Waals surface area contributed by atoms with Crippen LogP contribution in [0, 0.1) is 0 Å². The van der Waals surface area contributed by atoms with Gasteiger partial charge in [-0.25, -0.2) is 9.79 Å². The maximum Gasteiger partial charge on any atom is 0.358 e. The summed E-state index contributed by atoms with van der Waals surface area (Å²) in [4.78, 5) is 14.6. The summed E-state index contributed by atoms with van der Waals surface area (Å²) in [6.07, 6.45) is 0. The van der Waals surface area contributed by atoms with Gasteiger partial charge in [0.05, 0.1) is 24.5 Å². The number of nitrogens with one attached hydrogen (secondary N) is 1. The second-order valence-electron chi connectivity index (χ2n) is 2.18. The van der Waals surface area contributed by atoms with E-state index in [-0.39, 0.29) is 5.69 Å². The molecular formula is C7H7N3O2S. The van der Waals surface area contributed by atoms with Crippen LogP contribution in [-0.4, -0.2) is 28.4 Å². The normalized spacial score (nSPS) is 9.00. The molecule has 0 aliphatic carbocycles. The molecule has 1 heterocycles. The van der Waals surface area contributed by atoms with Crippen LogP contribution in [0.1, 0.15) is 16.2 Å². The van der Waals surface area contributed by atoms with Gasteiger partial charge in [-0.05, 0) is 18.3 Å². The fourth-order valence-corrected chi connectivity index (χ4v) is 0.834. The molecule has 0 aromatic carbocycles. The van der Waals surface area contributed by atoms with E-state index in [4.69, 9.17) is 0 Å². The fraction of sp³-hybridized carbons (Fsp3) is 0.286. The number of H-pyrrole nitrogens is 1. The van der Waals surface area contributed by atoms with Crippen LogP contribution in [0.2, 0.25) is 0 Å². The Morgan fingerprint density at radius 1 is 1.92 bits per heavy atom. The van der Waals surface area contributed by atoms with Gasteiger partial charge in [0, 0.05) is 0 Å². The van der Waals surface area contributed by atoms with Crippen molar-refractivity contribution in [3.05, 3.63) is 17.5 Å². The Labute approximate surface area is 79.8 Å². The number of aliphatic imine (C=N–C) groups is 1. The molecular weight excluding hydrogens is 190 g/mol. The second kappa shape index (κ2) is 4.49. The van der Waals surface area contributed by atoms with Gasteiger partial charge in [-0.3, -0.25) is 5.10 Å². The van der Waals surface area contributed by atoms with E-state index >= 15 is 0 Å². The molecule has 68 valence electrons. The lowest BCUT2D eigenvalue weighted by atomic mass is 10.3. The maximum absolute atomic E-state index is 10.9. The lowest BCUT2D eigenvalue weighted by molar-refractivity contribution is 0.0594. The molecule has 0 saturated heterocycles. The fourth-order valence-electron chi connectivity index (χ4n) is 0.769. The minimum absolute atomic E-state index is 0.233. The van der Waals surface area contributed by atoms with E-state index in [0.717, 1.165) is 0 Å². The molecule has 0 fully saturated rings. The van der Waals surface area contributed by atoms with Crippen LogP contribution in [-0.2, 0) is 11.3 Å². The number of nitrogens with zero attached hydrogens (tertiary/aromatic N) is 2. The highest BCUT2D eigenvalue weighted by molar-refractivity contribution is 7.78. The molecule has 1 rings (SSSR count). The number of thiocarbonyl (C=S) groups is 1. The number of rotatable bonds is 3. The Kier molecular flexibility index (Phi) is 3.31. The Balaban J connectivity index is 2.74. The minimum atomic E-state index is -0.478. The summed E-state index contributed by atoms with van der Waals surface area (Å²) >= 11 is 4.39. The zero-order chi connectivity index (χ0) is 9.68. The summed E-state index contributed by atoms with van der Waals surface area (Å²) in [5.41, 5.74) is 0.926. The van der Waals surface area contributed by atoms with Gasteiger partial charge in [-0.2, -0.15) is 5.10 Å². The van der Waals surface area contributed by atoms with Gasteiger partial charge in [0.25, 0.3) is 0 Å². The molecule has 0 saturated carbocycles. The molecule has 0 atom stereocenters. The Morgan fingerprint density at radius 2 is 2.69 bits per heavy atom. The molecule has 0 bridgehead atoms. The van der Waals surface area contributed by atoms with E-state index in [1.54, 1.807) is 6.07 Å². The third-order valence-corrected chi connectivity index (χ3v) is 1.47. The number of methoxy groups -OCH3 is 1. The van der Waals surface area contributed by atoms with E-state index in [9.17, 15) is 4.79 Å². The highest BCUT2D eigenvalue weighted by Crippen LogP contribution is 2.01. The number of aromatic nitrogens is 2. The van der Waals surface area contributed by atoms with Gasteiger partial charge in [-0.15, -0.1) is 0 Å². The third kappa shape index (κ3) is 2.47. The summed E-state index contributed by atoms with van der Waals surface area (Å²) < 4.78 is 4.47. The standard InChI is InChI=1S/C7H7N3O2S/c1-12-7(11)6-2-5(9-10-6)3-8-4-13/h2H,3H2,1H3,(H,9,10). The summed E-state index contributed by atoms with van der Waals surface area (Å²) in [5.74, 6) is -0.478. The van der Waals surface area contributed by atoms with Crippen LogP contribution in [0.5, 0.6) is 0 Å². The summed E-state index contributed by atoms with van der Waals surface area (Å²) in [6, 6.07) is 1.56. The zero-order valence-electron chi connectivity index (χ0n) is 6.90. The third-order valence-electron chi connectivity index (χ3n) is 1.34. The van der Waals surface area contributed by atoms with Crippen molar-refractivity contribution in [3.8, 4) is 0 Å². The highest BCUT2D eigenvalue weighted by Gasteiger charge is 2.09. The number of carbonyl (C=O) groups excluding carboxylic acids is 1. The predicted octanol–water partition coefficient (Wildman–Crippen LogP) is 0.799. The van der Waals surface area contributed by atoms with Crippen LogP contribution in [0.25, 0.3) is 0 Å². The molecule has 1 aromatic rings. The van der Waals surface area contributed by atoms with Crippen molar-refractivity contribution in [2.75, 3.05) is 7.11 Å². The lowest BCUT2D eigenvalue weighted by Gasteiger charge is -1.89. The predicted molar refractivity (Wildman–Crippen MR) is 48.7 cm³/mol. The van der Waals surface area contributed by atoms with E-state index in [2.05, 4.69) is 37.3 Å². The first kappa shape index (κ1) is 9.57. The van der Waals surface area contributed by atoms with Crippen LogP contribution < -0.4 is 0 Å². The van der Waals surface area contributed by atoms with E-state index < -0.39 is 5.97 Å².